The molecule has 25 heavy (non-hydrogen) atoms. The minimum atomic E-state index is -1.10. The van der Waals surface area contributed by atoms with Crippen molar-refractivity contribution in [3.05, 3.63) is 51.8 Å². The summed E-state index contributed by atoms with van der Waals surface area (Å²) in [6.45, 7) is 5.59. The largest absolute Gasteiger partial charge is 0.507 e. The van der Waals surface area contributed by atoms with Gasteiger partial charge in [0, 0.05) is 42.7 Å². The standard InChI is InChI=1S/C17H18FN3O4/c1-3-20(4-2)12-6-5-11(16(22)7-12)10-19-14-8-13(18)15(21(24)25)9-17(14)23/h5-10,22-23H,3-4H2,1-2H3. The van der Waals surface area contributed by atoms with Crippen LogP contribution in [0.3, 0.4) is 0 Å². The Bertz CT molecular complexity index is 820. The molecule has 0 aliphatic rings. The maximum absolute atomic E-state index is 13.6. The van der Waals surface area contributed by atoms with Crippen LogP contribution in [0.4, 0.5) is 21.5 Å². The van der Waals surface area contributed by atoms with Gasteiger partial charge in [-0.2, -0.15) is 4.39 Å². The highest BCUT2D eigenvalue weighted by molar-refractivity contribution is 5.87. The molecule has 0 bridgehead atoms. The maximum atomic E-state index is 13.6. The molecule has 0 fully saturated rings. The number of benzene rings is 2. The Morgan fingerprint density at radius 1 is 1.20 bits per heavy atom. The van der Waals surface area contributed by atoms with Gasteiger partial charge in [-0.05, 0) is 26.0 Å². The molecule has 0 radical (unpaired) electrons. The van der Waals surface area contributed by atoms with E-state index in [9.17, 15) is 24.7 Å². The molecule has 2 rings (SSSR count). The lowest BCUT2D eigenvalue weighted by Crippen LogP contribution is -2.21. The molecule has 2 aromatic carbocycles. The molecule has 0 atom stereocenters. The van der Waals surface area contributed by atoms with Crippen LogP contribution in [0, 0.1) is 15.9 Å². The molecular formula is C17H18FN3O4. The van der Waals surface area contributed by atoms with Crippen LogP contribution in [0.2, 0.25) is 0 Å². The van der Waals surface area contributed by atoms with Crippen molar-refractivity contribution < 1.29 is 19.5 Å². The van der Waals surface area contributed by atoms with E-state index >= 15 is 0 Å². The lowest BCUT2D eigenvalue weighted by Gasteiger charge is -2.21. The number of phenolic OH excluding ortho intramolecular Hbond substituents is 2. The highest BCUT2D eigenvalue weighted by Crippen LogP contribution is 2.33. The van der Waals surface area contributed by atoms with Gasteiger partial charge in [-0.25, -0.2) is 0 Å². The first kappa shape index (κ1) is 18.2. The number of hydrogen-bond donors (Lipinski definition) is 2. The van der Waals surface area contributed by atoms with Gasteiger partial charge in [0.15, 0.2) is 0 Å². The predicted molar refractivity (Wildman–Crippen MR) is 93.6 cm³/mol. The minimum absolute atomic E-state index is 0.0185. The Kier molecular flexibility index (Phi) is 5.53. The van der Waals surface area contributed by atoms with Crippen molar-refractivity contribution in [2.75, 3.05) is 18.0 Å². The molecule has 2 aromatic rings. The first-order valence-electron chi connectivity index (χ1n) is 7.66. The molecule has 8 heteroatoms. The van der Waals surface area contributed by atoms with Gasteiger partial charge in [0.25, 0.3) is 0 Å². The number of halogens is 1. The lowest BCUT2D eigenvalue weighted by molar-refractivity contribution is -0.387. The summed E-state index contributed by atoms with van der Waals surface area (Å²) in [6.07, 6.45) is 1.25. The van der Waals surface area contributed by atoms with E-state index in [-0.39, 0.29) is 11.4 Å². The van der Waals surface area contributed by atoms with Crippen molar-refractivity contribution in [2.24, 2.45) is 4.99 Å². The van der Waals surface area contributed by atoms with Gasteiger partial charge in [-0.3, -0.25) is 15.1 Å². The van der Waals surface area contributed by atoms with Crippen molar-refractivity contribution in [3.63, 3.8) is 0 Å². The second-order valence-corrected chi connectivity index (χ2v) is 5.22. The molecule has 7 nitrogen and oxygen atoms in total. The first-order valence-corrected chi connectivity index (χ1v) is 7.66. The van der Waals surface area contributed by atoms with Crippen LogP contribution in [-0.4, -0.2) is 34.4 Å². The summed E-state index contributed by atoms with van der Waals surface area (Å²) >= 11 is 0. The Morgan fingerprint density at radius 2 is 1.88 bits per heavy atom. The van der Waals surface area contributed by atoms with Gasteiger partial charge < -0.3 is 15.1 Å². The summed E-state index contributed by atoms with van der Waals surface area (Å²) in [5, 5.41) is 30.5. The van der Waals surface area contributed by atoms with Crippen molar-refractivity contribution >= 4 is 23.3 Å². The molecule has 0 unspecified atom stereocenters. The van der Waals surface area contributed by atoms with Crippen LogP contribution in [-0.2, 0) is 0 Å². The second kappa shape index (κ2) is 7.61. The van der Waals surface area contributed by atoms with Gasteiger partial charge in [0.1, 0.15) is 17.2 Å². The van der Waals surface area contributed by atoms with E-state index in [1.807, 2.05) is 19.9 Å². The van der Waals surface area contributed by atoms with E-state index in [1.54, 1.807) is 12.1 Å². The van der Waals surface area contributed by atoms with Crippen LogP contribution < -0.4 is 4.90 Å². The summed E-state index contributed by atoms with van der Waals surface area (Å²) in [5.41, 5.74) is 0.219. The summed E-state index contributed by atoms with van der Waals surface area (Å²) in [5.74, 6) is -1.64. The number of rotatable bonds is 6. The van der Waals surface area contributed by atoms with Crippen LogP contribution in [0.1, 0.15) is 19.4 Å². The van der Waals surface area contributed by atoms with Gasteiger partial charge in [0.2, 0.25) is 5.82 Å². The van der Waals surface area contributed by atoms with Crippen molar-refractivity contribution in [1.82, 2.24) is 0 Å². The number of aliphatic imine (C=N–C) groups is 1. The average Bonchev–Trinajstić information content (AvgIpc) is 2.57. The third-order valence-corrected chi connectivity index (χ3v) is 3.73. The third kappa shape index (κ3) is 4.03. The summed E-state index contributed by atoms with van der Waals surface area (Å²) in [6, 6.07) is 6.51. The molecule has 0 saturated heterocycles. The summed E-state index contributed by atoms with van der Waals surface area (Å²) in [4.78, 5) is 15.6. The SMILES string of the molecule is CCN(CC)c1ccc(C=Nc2cc(F)c([N+](=O)[O-])cc2O)c(O)c1. The number of anilines is 1. The molecule has 0 spiro atoms. The van der Waals surface area contributed by atoms with Gasteiger partial charge in [0.05, 0.1) is 11.0 Å². The number of nitro benzene ring substituents is 1. The fraction of sp³-hybridized carbons (Fsp3) is 0.235. The highest BCUT2D eigenvalue weighted by atomic mass is 19.1. The van der Waals surface area contributed by atoms with Crippen LogP contribution >= 0.6 is 0 Å². The van der Waals surface area contributed by atoms with Gasteiger partial charge in [-0.15, -0.1) is 0 Å². The van der Waals surface area contributed by atoms with E-state index in [4.69, 9.17) is 0 Å². The Balaban J connectivity index is 2.31. The monoisotopic (exact) mass is 347 g/mol. The summed E-state index contributed by atoms with van der Waals surface area (Å²) < 4.78 is 13.6. The number of hydrogen-bond acceptors (Lipinski definition) is 6. The summed E-state index contributed by atoms with van der Waals surface area (Å²) in [7, 11) is 0. The van der Waals surface area contributed by atoms with Gasteiger partial charge in [-0.1, -0.05) is 0 Å². The van der Waals surface area contributed by atoms with E-state index in [0.717, 1.165) is 24.8 Å². The molecule has 0 aliphatic heterocycles. The number of nitro groups is 1. The smallest absolute Gasteiger partial charge is 0.308 e. The van der Waals surface area contributed by atoms with Crippen LogP contribution in [0.25, 0.3) is 0 Å². The first-order chi connectivity index (χ1) is 11.9. The second-order valence-electron chi connectivity index (χ2n) is 5.22. The van der Waals surface area contributed by atoms with Crippen LogP contribution in [0.5, 0.6) is 11.5 Å². The highest BCUT2D eigenvalue weighted by Gasteiger charge is 2.17. The zero-order valence-electron chi connectivity index (χ0n) is 13.8. The van der Waals surface area contributed by atoms with Gasteiger partial charge >= 0.3 is 5.69 Å². The van der Waals surface area contributed by atoms with E-state index < -0.39 is 22.2 Å². The van der Waals surface area contributed by atoms with Crippen molar-refractivity contribution in [3.8, 4) is 11.5 Å². The maximum Gasteiger partial charge on any atom is 0.308 e. The molecular weight excluding hydrogens is 329 g/mol. The molecule has 0 saturated carbocycles. The van der Waals surface area contributed by atoms with E-state index in [1.165, 1.54) is 6.21 Å². The van der Waals surface area contributed by atoms with E-state index in [2.05, 4.69) is 9.89 Å². The normalized spacial score (nSPS) is 11.0. The number of phenols is 2. The quantitative estimate of drug-likeness (QED) is 0.471. The van der Waals surface area contributed by atoms with E-state index in [0.29, 0.717) is 11.6 Å². The average molecular weight is 347 g/mol. The number of aromatic hydroxyl groups is 2. The molecule has 2 N–H and O–H groups in total. The van der Waals surface area contributed by atoms with Crippen molar-refractivity contribution in [1.29, 1.82) is 0 Å². The molecule has 0 aromatic heterocycles. The fourth-order valence-corrected chi connectivity index (χ4v) is 2.35. The van der Waals surface area contributed by atoms with Crippen LogP contribution in [0.15, 0.2) is 35.3 Å². The Morgan fingerprint density at radius 3 is 2.44 bits per heavy atom. The number of nitrogens with zero attached hydrogens (tertiary/aromatic N) is 3. The molecule has 0 aliphatic carbocycles. The molecule has 0 heterocycles. The topological polar surface area (TPSA) is 99.2 Å². The van der Waals surface area contributed by atoms with Crippen molar-refractivity contribution in [2.45, 2.75) is 13.8 Å². The Labute approximate surface area is 143 Å². The predicted octanol–water partition coefficient (Wildman–Crippen LogP) is 3.74. The third-order valence-electron chi connectivity index (χ3n) is 3.73. The lowest BCUT2D eigenvalue weighted by atomic mass is 10.1. The zero-order valence-corrected chi connectivity index (χ0v) is 13.8. The molecule has 132 valence electrons. The Hall–Kier alpha value is -3.16. The minimum Gasteiger partial charge on any atom is -0.507 e. The molecule has 0 amide bonds. The fourth-order valence-electron chi connectivity index (χ4n) is 2.35. The zero-order chi connectivity index (χ0) is 18.6.